The van der Waals surface area contributed by atoms with Gasteiger partial charge in [0, 0.05) is 31.8 Å². The van der Waals surface area contributed by atoms with Gasteiger partial charge in [0.15, 0.2) is 9.84 Å². The van der Waals surface area contributed by atoms with Gasteiger partial charge in [0.2, 0.25) is 0 Å². The maximum absolute atomic E-state index is 13.4. The molecule has 0 bridgehead atoms. The van der Waals surface area contributed by atoms with E-state index in [4.69, 9.17) is 4.74 Å². The number of hydrogen-bond acceptors (Lipinski definition) is 6. The highest BCUT2D eigenvalue weighted by Gasteiger charge is 2.40. The number of rotatable bonds is 12. The predicted molar refractivity (Wildman–Crippen MR) is 159 cm³/mol. The number of ether oxygens (including phenoxy) is 1. The second-order valence-electron chi connectivity index (χ2n) is 10.6. The Hall–Kier alpha value is -3.53. The Kier molecular flexibility index (Phi) is 9.96. The first-order valence-electron chi connectivity index (χ1n) is 13.9. The number of carboxylic acids is 1. The van der Waals surface area contributed by atoms with E-state index in [-0.39, 0.29) is 6.04 Å². The molecule has 3 aromatic carbocycles. The summed E-state index contributed by atoms with van der Waals surface area (Å²) in [6, 6.07) is 20.8. The zero-order valence-corrected chi connectivity index (χ0v) is 24.6. The van der Waals surface area contributed by atoms with Crippen molar-refractivity contribution in [3.05, 3.63) is 89.5 Å². The van der Waals surface area contributed by atoms with Crippen molar-refractivity contribution in [2.45, 2.75) is 61.9 Å². The fourth-order valence-corrected chi connectivity index (χ4v) is 7.31. The molecule has 0 unspecified atom stereocenters. The molecule has 1 aliphatic heterocycles. The van der Waals surface area contributed by atoms with Crippen LogP contribution in [0.5, 0.6) is 0 Å². The van der Waals surface area contributed by atoms with Gasteiger partial charge >= 0.3 is 5.97 Å². The monoisotopic (exact) mass is 578 g/mol. The van der Waals surface area contributed by atoms with Crippen LogP contribution in [0.3, 0.4) is 0 Å². The van der Waals surface area contributed by atoms with Crippen molar-refractivity contribution in [3.63, 3.8) is 0 Å². The summed E-state index contributed by atoms with van der Waals surface area (Å²) in [6.45, 7) is 5.09. The molecule has 1 heterocycles. The summed E-state index contributed by atoms with van der Waals surface area (Å²) in [7, 11) is -1.90. The number of hydrogen-bond donors (Lipinski definition) is 2. The highest BCUT2D eigenvalue weighted by Crippen LogP contribution is 2.32. The average molecular weight is 579 g/mol. The van der Waals surface area contributed by atoms with Crippen LogP contribution in [0.1, 0.15) is 47.7 Å². The van der Waals surface area contributed by atoms with Crippen molar-refractivity contribution in [2.24, 2.45) is 0 Å². The van der Waals surface area contributed by atoms with E-state index >= 15 is 0 Å². The second-order valence-corrected chi connectivity index (χ2v) is 12.8. The van der Waals surface area contributed by atoms with E-state index < -0.39 is 33.0 Å². The Balaban J connectivity index is 1.65. The van der Waals surface area contributed by atoms with Crippen LogP contribution in [0.15, 0.2) is 77.7 Å². The summed E-state index contributed by atoms with van der Waals surface area (Å²) in [6.07, 6.45) is 1.42. The van der Waals surface area contributed by atoms with Crippen molar-refractivity contribution in [3.8, 4) is 11.1 Å². The summed E-state index contributed by atoms with van der Waals surface area (Å²) in [5, 5.41) is 11.7. The molecule has 0 aromatic heterocycles. The average Bonchev–Trinajstić information content (AvgIpc) is 3.36. The normalized spacial score (nSPS) is 18.2. The zero-order chi connectivity index (χ0) is 29.6. The number of benzene rings is 3. The quantitative estimate of drug-likeness (QED) is 0.320. The molecule has 4 rings (SSSR count). The third kappa shape index (κ3) is 7.04. The summed E-state index contributed by atoms with van der Waals surface area (Å²) in [4.78, 5) is 27.5. The number of carboxylic acid groups (broad SMARTS) is 1. The van der Waals surface area contributed by atoms with Crippen LogP contribution in [0.4, 0.5) is 0 Å². The number of methoxy groups -OCH3 is 1. The third-order valence-electron chi connectivity index (χ3n) is 7.69. The van der Waals surface area contributed by atoms with Gasteiger partial charge in [-0.2, -0.15) is 0 Å². The molecular weight excluding hydrogens is 540 g/mol. The van der Waals surface area contributed by atoms with Crippen LogP contribution in [0.25, 0.3) is 11.1 Å². The molecule has 9 heteroatoms. The number of nitrogens with zero attached hydrogens (tertiary/aromatic N) is 1. The highest BCUT2D eigenvalue weighted by atomic mass is 32.2. The van der Waals surface area contributed by atoms with Crippen molar-refractivity contribution in [1.82, 2.24) is 10.2 Å². The van der Waals surface area contributed by atoms with Crippen molar-refractivity contribution in [1.29, 1.82) is 0 Å². The second kappa shape index (κ2) is 13.4. The van der Waals surface area contributed by atoms with Gasteiger partial charge in [-0.05, 0) is 66.3 Å². The number of likely N-dealkylation sites (tertiary alicyclic amines) is 1. The molecule has 2 N–H and O–H groups in total. The molecule has 1 fully saturated rings. The third-order valence-corrected chi connectivity index (χ3v) is 9.84. The van der Waals surface area contributed by atoms with Crippen LogP contribution in [0.2, 0.25) is 0 Å². The number of carbonyl (C=O) groups excluding carboxylic acids is 1. The Labute approximate surface area is 242 Å². The van der Waals surface area contributed by atoms with Crippen molar-refractivity contribution in [2.75, 3.05) is 20.3 Å². The Morgan fingerprint density at radius 3 is 2.41 bits per heavy atom. The highest BCUT2D eigenvalue weighted by molar-refractivity contribution is 7.92. The lowest BCUT2D eigenvalue weighted by atomic mass is 9.93. The summed E-state index contributed by atoms with van der Waals surface area (Å²) >= 11 is 0. The predicted octanol–water partition coefficient (Wildman–Crippen LogP) is 4.71. The van der Waals surface area contributed by atoms with Gasteiger partial charge < -0.3 is 15.2 Å². The van der Waals surface area contributed by atoms with Gasteiger partial charge in [-0.3, -0.25) is 9.69 Å². The number of carbonyl (C=O) groups is 2. The van der Waals surface area contributed by atoms with E-state index in [1.54, 1.807) is 43.5 Å². The minimum atomic E-state index is -3.51. The van der Waals surface area contributed by atoms with Gasteiger partial charge in [0.25, 0.3) is 5.91 Å². The Bertz CT molecular complexity index is 1470. The van der Waals surface area contributed by atoms with E-state index in [9.17, 15) is 23.1 Å². The van der Waals surface area contributed by atoms with Gasteiger partial charge in [0.05, 0.1) is 16.8 Å². The molecular formula is C32H38N2O6S. The van der Waals surface area contributed by atoms with Crippen molar-refractivity contribution >= 4 is 21.7 Å². The molecule has 8 nitrogen and oxygen atoms in total. The molecule has 218 valence electrons. The smallest absolute Gasteiger partial charge is 0.326 e. The van der Waals surface area contributed by atoms with E-state index in [2.05, 4.69) is 10.2 Å². The van der Waals surface area contributed by atoms with E-state index in [1.807, 2.05) is 50.2 Å². The first-order chi connectivity index (χ1) is 19.6. The van der Waals surface area contributed by atoms with Gasteiger partial charge in [-0.25, -0.2) is 13.2 Å². The summed E-state index contributed by atoms with van der Waals surface area (Å²) in [5.74, 6) is -1.50. The summed E-state index contributed by atoms with van der Waals surface area (Å²) in [5.41, 5.74) is 3.87. The van der Waals surface area contributed by atoms with Crippen LogP contribution < -0.4 is 5.32 Å². The van der Waals surface area contributed by atoms with Gasteiger partial charge in [-0.1, -0.05) is 61.9 Å². The lowest BCUT2D eigenvalue weighted by Gasteiger charge is -2.24. The molecule has 0 aliphatic carbocycles. The minimum Gasteiger partial charge on any atom is -0.480 e. The molecule has 1 amide bonds. The number of nitrogens with one attached hydrogen (secondary N) is 1. The van der Waals surface area contributed by atoms with Crippen molar-refractivity contribution < 1.29 is 27.9 Å². The minimum absolute atomic E-state index is 0.0845. The van der Waals surface area contributed by atoms with Crippen LogP contribution >= 0.6 is 0 Å². The number of aliphatic carboxylic acids is 1. The molecule has 3 aromatic rings. The first-order valence-corrected chi connectivity index (χ1v) is 15.4. The summed E-state index contributed by atoms with van der Waals surface area (Å²) < 4.78 is 32.3. The first kappa shape index (κ1) is 30.4. The lowest BCUT2D eigenvalue weighted by Crippen LogP contribution is -2.40. The largest absolute Gasteiger partial charge is 0.480 e. The van der Waals surface area contributed by atoms with E-state index in [0.29, 0.717) is 55.0 Å². The molecule has 1 saturated heterocycles. The zero-order valence-electron chi connectivity index (χ0n) is 23.7. The molecule has 0 saturated carbocycles. The number of aryl methyl sites for hydroxylation is 1. The van der Waals surface area contributed by atoms with Crippen LogP contribution in [-0.4, -0.2) is 67.9 Å². The fraction of sp³-hybridized carbons (Fsp3) is 0.375. The maximum atomic E-state index is 13.4. The molecule has 0 spiro atoms. The lowest BCUT2D eigenvalue weighted by molar-refractivity contribution is -0.139. The topological polar surface area (TPSA) is 113 Å². The van der Waals surface area contributed by atoms with E-state index in [0.717, 1.165) is 16.7 Å². The fourth-order valence-electron chi connectivity index (χ4n) is 5.53. The van der Waals surface area contributed by atoms with Crippen LogP contribution in [0, 0.1) is 6.92 Å². The molecule has 1 aliphatic rings. The molecule has 0 radical (unpaired) electrons. The molecule has 3 atom stereocenters. The van der Waals surface area contributed by atoms with Gasteiger partial charge in [-0.15, -0.1) is 0 Å². The Morgan fingerprint density at radius 2 is 1.76 bits per heavy atom. The SMILES string of the molecule is CCC[C@@H](NC(=O)c1ccc(CN2C[C@H](S(=O)(=O)c3ccccc3)C[C@@H]2COC)cc1-c1ccccc1C)C(=O)O. The molecule has 41 heavy (non-hydrogen) atoms. The maximum Gasteiger partial charge on any atom is 0.326 e. The standard InChI is InChI=1S/C32H38N2O6S/c1-4-10-30(32(36)37)33-31(35)28-16-15-23(17-29(28)27-14-9-8-11-22(27)2)19-34-20-26(18-24(34)21-40-3)41(38,39)25-12-6-5-7-13-25/h5-9,11-17,24,26,30H,4,10,18-21H2,1-3H3,(H,33,35)(H,36,37)/t24-,26-,30-/m1/s1. The van der Waals surface area contributed by atoms with E-state index in [1.165, 1.54) is 0 Å². The number of sulfone groups is 1. The number of amides is 1. The van der Waals surface area contributed by atoms with Gasteiger partial charge in [0.1, 0.15) is 6.04 Å². The van der Waals surface area contributed by atoms with Crippen LogP contribution in [-0.2, 0) is 25.9 Å². The Morgan fingerprint density at radius 1 is 1.05 bits per heavy atom.